The molecule has 0 aliphatic heterocycles. The third kappa shape index (κ3) is 6.80. The number of ether oxygens (including phenoxy) is 1. The van der Waals surface area contributed by atoms with Crippen LogP contribution in [0.25, 0.3) is 50.0 Å². The Hall–Kier alpha value is -4.99. The first kappa shape index (κ1) is 37.3. The van der Waals surface area contributed by atoms with Gasteiger partial charge in [-0.25, -0.2) is 9.55 Å². The van der Waals surface area contributed by atoms with Crippen molar-refractivity contribution in [2.75, 3.05) is 0 Å². The van der Waals surface area contributed by atoms with Gasteiger partial charge in [-0.1, -0.05) is 116 Å². The molecule has 0 fully saturated rings. The molecule has 54 heavy (non-hydrogen) atoms. The van der Waals surface area contributed by atoms with Crippen LogP contribution in [-0.4, -0.2) is 18.7 Å². The summed E-state index contributed by atoms with van der Waals surface area (Å²) < 4.78 is 13.5. The molecule has 0 aliphatic rings. The summed E-state index contributed by atoms with van der Waals surface area (Å²) in [5.41, 5.74) is 9.69. The van der Waals surface area contributed by atoms with E-state index in [4.69, 9.17) is 9.72 Å². The van der Waals surface area contributed by atoms with E-state index < -0.39 is 0 Å². The van der Waals surface area contributed by atoms with Gasteiger partial charge in [0.2, 0.25) is 0 Å². The fourth-order valence-corrected chi connectivity index (χ4v) is 7.26. The molecular weight excluding hydrogens is 844 g/mol. The van der Waals surface area contributed by atoms with Crippen LogP contribution in [0.5, 0.6) is 11.5 Å². The molecule has 0 spiro atoms. The molecule has 6 heteroatoms. The number of hydrogen-bond acceptors (Lipinski definition) is 2. The Balaban J connectivity index is 0.00000450. The summed E-state index contributed by atoms with van der Waals surface area (Å²) in [5, 5.41) is 2.34. The summed E-state index contributed by atoms with van der Waals surface area (Å²) in [4.78, 5) is 4.92. The minimum absolute atomic E-state index is 0. The average molecular weight is 891 g/mol. The van der Waals surface area contributed by atoms with Gasteiger partial charge in [0.25, 0.3) is 0 Å². The first-order chi connectivity index (χ1) is 25.2. The van der Waals surface area contributed by atoms with E-state index in [1.54, 1.807) is 0 Å². The molecular formula is C48H47N4OPt-. The van der Waals surface area contributed by atoms with E-state index in [0.717, 1.165) is 50.2 Å². The molecule has 0 unspecified atom stereocenters. The van der Waals surface area contributed by atoms with Gasteiger partial charge in [0.1, 0.15) is 11.5 Å². The molecule has 5 nitrogen and oxygen atoms in total. The summed E-state index contributed by atoms with van der Waals surface area (Å²) in [6, 6.07) is 45.7. The fraction of sp³-hybridized carbons (Fsp3) is 0.250. The predicted octanol–water partition coefficient (Wildman–Crippen LogP) is 12.5. The quantitative estimate of drug-likeness (QED) is 0.161. The molecule has 3 aromatic heterocycles. The van der Waals surface area contributed by atoms with Gasteiger partial charge in [-0.05, 0) is 63.1 Å². The second kappa shape index (κ2) is 13.7. The Morgan fingerprint density at radius 2 is 1.26 bits per heavy atom. The van der Waals surface area contributed by atoms with E-state index in [0.29, 0.717) is 11.5 Å². The Labute approximate surface area is 333 Å². The van der Waals surface area contributed by atoms with Gasteiger partial charge in [0, 0.05) is 62.1 Å². The molecule has 0 atom stereocenters. The fourth-order valence-electron chi connectivity index (χ4n) is 7.26. The van der Waals surface area contributed by atoms with Crippen LogP contribution < -0.4 is 4.74 Å². The zero-order valence-electron chi connectivity index (χ0n) is 32.6. The number of nitrogens with zero attached hydrogens (tertiary/aromatic N) is 4. The molecule has 8 rings (SSSR count). The molecule has 0 saturated heterocycles. The smallest absolute Gasteiger partial charge is 0.168 e. The van der Waals surface area contributed by atoms with Crippen LogP contribution in [0.2, 0.25) is 0 Å². The van der Waals surface area contributed by atoms with E-state index in [1.165, 1.54) is 16.5 Å². The molecule has 276 valence electrons. The molecule has 8 aromatic rings. The maximum atomic E-state index is 6.79. The van der Waals surface area contributed by atoms with Gasteiger partial charge >= 0.3 is 0 Å². The summed E-state index contributed by atoms with van der Waals surface area (Å²) in [6.45, 7) is 20.2. The first-order valence-electron chi connectivity index (χ1n) is 18.5. The Bertz CT molecular complexity index is 2650. The summed E-state index contributed by atoms with van der Waals surface area (Å²) in [7, 11) is 0. The van der Waals surface area contributed by atoms with Crippen LogP contribution in [0.1, 0.15) is 79.0 Å². The van der Waals surface area contributed by atoms with Gasteiger partial charge in [-0.3, -0.25) is 0 Å². The van der Waals surface area contributed by atoms with Gasteiger partial charge in [-0.2, -0.15) is 10.6 Å². The van der Waals surface area contributed by atoms with Crippen molar-refractivity contribution in [3.05, 3.63) is 151 Å². The molecule has 3 heterocycles. The van der Waals surface area contributed by atoms with E-state index >= 15 is 0 Å². The Morgan fingerprint density at radius 1 is 0.593 bits per heavy atom. The number of aromatic nitrogens is 4. The second-order valence-electron chi connectivity index (χ2n) is 17.2. The Kier molecular flexibility index (Phi) is 9.47. The maximum Gasteiger partial charge on any atom is 0.168 e. The van der Waals surface area contributed by atoms with Crippen LogP contribution in [0, 0.1) is 12.1 Å². The minimum Gasteiger partial charge on any atom is -0.508 e. The average Bonchev–Trinajstić information content (AvgIpc) is 3.67. The number of imidazole rings is 1. The number of pyridine rings is 1. The van der Waals surface area contributed by atoms with Crippen molar-refractivity contribution >= 4 is 32.8 Å². The van der Waals surface area contributed by atoms with Gasteiger partial charge < -0.3 is 9.30 Å². The minimum atomic E-state index is -0.131. The van der Waals surface area contributed by atoms with E-state index in [2.05, 4.69) is 192 Å². The normalized spacial score (nSPS) is 12.4. The third-order valence-electron chi connectivity index (χ3n) is 10.2. The number of hydrogen-bond donors (Lipinski definition) is 0. The molecule has 5 aromatic carbocycles. The zero-order valence-corrected chi connectivity index (χ0v) is 34.8. The summed E-state index contributed by atoms with van der Waals surface area (Å²) in [5.74, 6) is 2.13. The SMILES string of the molecule is CC(C)(C)c1cc(Oc2[c-]c3c(cc2)c2c(C(C)(C)C)cccc2n3-c2cc(C(C)(C)C)ccn2)[c-]c(-n2[cH+]n(-c3ccccc3)c3ccccc32)c1.[Pt]. The number of para-hydroxylation sites is 3. The van der Waals surface area contributed by atoms with E-state index in [9.17, 15) is 0 Å². The van der Waals surface area contributed by atoms with Gasteiger partial charge in [-0.15, -0.1) is 35.2 Å². The van der Waals surface area contributed by atoms with Crippen molar-refractivity contribution in [3.63, 3.8) is 0 Å². The summed E-state index contributed by atoms with van der Waals surface area (Å²) in [6.07, 6.45) is 4.06. The molecule has 0 radical (unpaired) electrons. The van der Waals surface area contributed by atoms with Crippen LogP contribution in [0.3, 0.4) is 0 Å². The zero-order chi connectivity index (χ0) is 37.3. The number of benzene rings is 5. The Morgan fingerprint density at radius 3 is 1.94 bits per heavy atom. The van der Waals surface area contributed by atoms with Crippen LogP contribution in [0.15, 0.2) is 122 Å². The summed E-state index contributed by atoms with van der Waals surface area (Å²) >= 11 is 0. The van der Waals surface area contributed by atoms with Crippen molar-refractivity contribution in [2.24, 2.45) is 0 Å². The largest absolute Gasteiger partial charge is 0.508 e. The molecule has 0 aliphatic carbocycles. The van der Waals surface area contributed by atoms with E-state index in [1.807, 2.05) is 18.3 Å². The van der Waals surface area contributed by atoms with Crippen LogP contribution in [-0.2, 0) is 37.3 Å². The standard InChI is InChI=1S/C48H47N4O.Pt/c1-46(2,3)32-24-25-49-44(28-32)52-42-21-15-18-39(48(7,8)9)45(42)38-23-22-36(30-43(38)52)53-37-27-33(47(4,5)6)26-35(29-37)51-31-50(34-16-11-10-12-17-34)40-19-13-14-20-41(40)51;/h10-28,31H,1-9H3;/q-1;. The number of fused-ring (bicyclic) bond motifs is 4. The molecule has 0 N–H and O–H groups in total. The topological polar surface area (TPSA) is 36.9 Å². The van der Waals surface area contributed by atoms with Crippen molar-refractivity contribution < 1.29 is 25.8 Å². The predicted molar refractivity (Wildman–Crippen MR) is 219 cm³/mol. The second-order valence-corrected chi connectivity index (χ2v) is 17.2. The van der Waals surface area contributed by atoms with Crippen molar-refractivity contribution in [1.29, 1.82) is 0 Å². The first-order valence-corrected chi connectivity index (χ1v) is 18.5. The van der Waals surface area contributed by atoms with Gasteiger partial charge in [0.05, 0.1) is 0 Å². The maximum absolute atomic E-state index is 6.79. The van der Waals surface area contributed by atoms with Crippen LogP contribution >= 0.6 is 0 Å². The molecule has 0 bridgehead atoms. The van der Waals surface area contributed by atoms with Crippen molar-refractivity contribution in [3.8, 4) is 28.7 Å². The van der Waals surface area contributed by atoms with Crippen molar-refractivity contribution in [1.82, 2.24) is 18.7 Å². The monoisotopic (exact) mass is 890 g/mol. The molecule has 0 saturated carbocycles. The van der Waals surface area contributed by atoms with Gasteiger partial charge in [0.15, 0.2) is 17.4 Å². The number of rotatable bonds is 5. The van der Waals surface area contributed by atoms with E-state index in [-0.39, 0.29) is 37.3 Å². The van der Waals surface area contributed by atoms with Crippen molar-refractivity contribution in [2.45, 2.75) is 78.6 Å². The third-order valence-corrected chi connectivity index (χ3v) is 10.2. The van der Waals surface area contributed by atoms with Crippen LogP contribution in [0.4, 0.5) is 0 Å². The molecule has 0 amide bonds.